The van der Waals surface area contributed by atoms with E-state index in [9.17, 15) is 14.4 Å². The van der Waals surface area contributed by atoms with E-state index in [-0.39, 0.29) is 50.7 Å². The van der Waals surface area contributed by atoms with Crippen LogP contribution in [0, 0.1) is 23.1 Å². The number of amides is 3. The minimum absolute atomic E-state index is 0.113. The maximum atomic E-state index is 15.9. The summed E-state index contributed by atoms with van der Waals surface area (Å²) >= 11 is 12.5. The van der Waals surface area contributed by atoms with Gasteiger partial charge in [-0.3, -0.25) is 14.4 Å². The number of hydrogen-bond donors (Lipinski definition) is 3. The van der Waals surface area contributed by atoms with Crippen LogP contribution in [0.4, 0.5) is 15.9 Å². The molecule has 1 aliphatic carbocycles. The molecule has 1 fully saturated rings. The van der Waals surface area contributed by atoms with E-state index in [0.29, 0.717) is 23.5 Å². The Balaban J connectivity index is 1.70. The molecule has 1 aliphatic heterocycles. The summed E-state index contributed by atoms with van der Waals surface area (Å²) in [7, 11) is 1.40. The Kier molecular flexibility index (Phi) is 7.70. The number of halogens is 3. The molecule has 2 aliphatic rings. The van der Waals surface area contributed by atoms with Gasteiger partial charge in [-0.05, 0) is 60.1 Å². The molecule has 3 aromatic rings. The Bertz CT molecular complexity index is 1610. The molecule has 8 nitrogen and oxygen atoms in total. The monoisotopic (exact) mass is 612 g/mol. The standard InChI is InChI=1S/C31H31Cl2FN4O4/c1-30(2,3)14-16-13-18(28(40)36-21-10-8-15(26(35)39)12-22(21)42-4)24(17-6-5-7-20(32)25(17)34)31(16)19-9-11-23(33)37-27(19)38-29(31)41/h5-12,16,18,24H,13-14H2,1-4H3,(H2,35,39)(H,36,40)(H,37,38,41)/t16-,18+,24-,31-/m0/s1. The molecule has 220 valence electrons. The number of aromatic nitrogens is 1. The second-order valence-electron chi connectivity index (χ2n) is 12.0. The topological polar surface area (TPSA) is 123 Å². The highest BCUT2D eigenvalue weighted by Crippen LogP contribution is 2.64. The summed E-state index contributed by atoms with van der Waals surface area (Å²) in [6, 6.07) is 12.4. The highest BCUT2D eigenvalue weighted by molar-refractivity contribution is 6.31. The zero-order valence-electron chi connectivity index (χ0n) is 23.6. The Morgan fingerprint density at radius 2 is 1.93 bits per heavy atom. The van der Waals surface area contributed by atoms with Crippen LogP contribution in [0.25, 0.3) is 0 Å². The molecular weight excluding hydrogens is 582 g/mol. The van der Waals surface area contributed by atoms with Gasteiger partial charge in [-0.25, -0.2) is 9.37 Å². The van der Waals surface area contributed by atoms with E-state index in [1.165, 1.54) is 31.4 Å². The van der Waals surface area contributed by atoms with Crippen LogP contribution in [0.1, 0.15) is 61.0 Å². The van der Waals surface area contributed by atoms with Gasteiger partial charge in [0, 0.05) is 23.0 Å². The molecular formula is C31H31Cl2FN4O4. The predicted octanol–water partition coefficient (Wildman–Crippen LogP) is 6.32. The third kappa shape index (κ3) is 4.98. The van der Waals surface area contributed by atoms with Gasteiger partial charge in [0.1, 0.15) is 22.5 Å². The van der Waals surface area contributed by atoms with Crippen molar-refractivity contribution in [2.45, 2.75) is 44.9 Å². The quantitative estimate of drug-likeness (QED) is 0.281. The molecule has 3 amide bonds. The van der Waals surface area contributed by atoms with Crippen molar-refractivity contribution in [3.8, 4) is 5.75 Å². The number of benzene rings is 2. The molecule has 2 heterocycles. The second-order valence-corrected chi connectivity index (χ2v) is 12.8. The molecule has 1 saturated carbocycles. The fourth-order valence-corrected chi connectivity index (χ4v) is 7.08. The number of methoxy groups -OCH3 is 1. The molecule has 11 heteroatoms. The van der Waals surface area contributed by atoms with Crippen LogP contribution in [0.3, 0.4) is 0 Å². The summed E-state index contributed by atoms with van der Waals surface area (Å²) in [5, 5.41) is 5.86. The van der Waals surface area contributed by atoms with E-state index in [4.69, 9.17) is 33.7 Å². The molecule has 0 unspecified atom stereocenters. The summed E-state index contributed by atoms with van der Waals surface area (Å²) in [6.07, 6.45) is 0.832. The Morgan fingerprint density at radius 3 is 2.60 bits per heavy atom. The number of ether oxygens (including phenoxy) is 1. The predicted molar refractivity (Wildman–Crippen MR) is 160 cm³/mol. The number of anilines is 2. The lowest BCUT2D eigenvalue weighted by molar-refractivity contribution is -0.123. The molecule has 1 spiro atoms. The molecule has 4 N–H and O–H groups in total. The lowest BCUT2D eigenvalue weighted by Crippen LogP contribution is -2.45. The second kappa shape index (κ2) is 10.9. The molecule has 5 rings (SSSR count). The first kappa shape index (κ1) is 29.8. The number of primary amides is 1. The van der Waals surface area contributed by atoms with E-state index < -0.39 is 34.9 Å². The maximum absolute atomic E-state index is 15.9. The highest BCUT2D eigenvalue weighted by Gasteiger charge is 2.66. The third-order valence-electron chi connectivity index (χ3n) is 8.25. The number of fused-ring (bicyclic) bond motifs is 2. The van der Waals surface area contributed by atoms with Crippen LogP contribution in [-0.2, 0) is 15.0 Å². The number of pyridine rings is 1. The zero-order chi connectivity index (χ0) is 30.6. The van der Waals surface area contributed by atoms with E-state index in [0.717, 1.165) is 0 Å². The summed E-state index contributed by atoms with van der Waals surface area (Å²) in [6.45, 7) is 6.17. The van der Waals surface area contributed by atoms with Crippen molar-refractivity contribution >= 4 is 52.4 Å². The van der Waals surface area contributed by atoms with Crippen LogP contribution in [0.5, 0.6) is 5.75 Å². The van der Waals surface area contributed by atoms with Gasteiger partial charge >= 0.3 is 0 Å². The first-order chi connectivity index (χ1) is 19.8. The van der Waals surface area contributed by atoms with Crippen LogP contribution in [0.2, 0.25) is 10.2 Å². The Morgan fingerprint density at radius 1 is 1.19 bits per heavy atom. The number of rotatable bonds is 6. The number of nitrogens with two attached hydrogens (primary N) is 1. The lowest BCUT2D eigenvalue weighted by atomic mass is 9.62. The van der Waals surface area contributed by atoms with E-state index in [1.54, 1.807) is 24.3 Å². The van der Waals surface area contributed by atoms with Gasteiger partial charge in [-0.1, -0.05) is 62.2 Å². The van der Waals surface area contributed by atoms with Gasteiger partial charge in [0.15, 0.2) is 0 Å². The van der Waals surface area contributed by atoms with Crippen LogP contribution >= 0.6 is 23.2 Å². The third-order valence-corrected chi connectivity index (χ3v) is 8.75. The average molecular weight is 614 g/mol. The van der Waals surface area contributed by atoms with E-state index in [2.05, 4.69) is 36.4 Å². The van der Waals surface area contributed by atoms with Gasteiger partial charge < -0.3 is 21.1 Å². The summed E-state index contributed by atoms with van der Waals surface area (Å²) in [5.74, 6) is -3.81. The number of nitrogens with one attached hydrogen (secondary N) is 2. The number of carbonyl (C=O) groups is 3. The lowest BCUT2D eigenvalue weighted by Gasteiger charge is -2.38. The highest BCUT2D eigenvalue weighted by atomic mass is 35.5. The van der Waals surface area contributed by atoms with Gasteiger partial charge in [-0.15, -0.1) is 0 Å². The molecule has 0 saturated heterocycles. The smallest absolute Gasteiger partial charge is 0.248 e. The van der Waals surface area contributed by atoms with Crippen molar-refractivity contribution < 1.29 is 23.5 Å². The summed E-state index contributed by atoms with van der Waals surface area (Å²) in [4.78, 5) is 44.5. The van der Waals surface area contributed by atoms with Crippen LogP contribution in [-0.4, -0.2) is 29.8 Å². The van der Waals surface area contributed by atoms with Crippen molar-refractivity contribution in [1.29, 1.82) is 0 Å². The first-order valence-electron chi connectivity index (χ1n) is 13.5. The van der Waals surface area contributed by atoms with Crippen molar-refractivity contribution in [2.75, 3.05) is 17.7 Å². The molecule has 0 bridgehead atoms. The van der Waals surface area contributed by atoms with Crippen molar-refractivity contribution in [3.63, 3.8) is 0 Å². The Labute approximate surface area is 253 Å². The molecule has 2 aromatic carbocycles. The Hall–Kier alpha value is -3.69. The molecule has 0 radical (unpaired) electrons. The van der Waals surface area contributed by atoms with Gasteiger partial charge in [0.25, 0.3) is 0 Å². The zero-order valence-corrected chi connectivity index (χ0v) is 25.1. The van der Waals surface area contributed by atoms with Crippen LogP contribution < -0.4 is 21.1 Å². The summed E-state index contributed by atoms with van der Waals surface area (Å²) in [5.41, 5.74) is 5.07. The van der Waals surface area contributed by atoms with Crippen LogP contribution in [0.15, 0.2) is 48.5 Å². The van der Waals surface area contributed by atoms with Gasteiger partial charge in [0.2, 0.25) is 17.7 Å². The normalized spacial score (nSPS) is 23.0. The van der Waals surface area contributed by atoms with E-state index in [1.807, 2.05) is 0 Å². The summed E-state index contributed by atoms with van der Waals surface area (Å²) < 4.78 is 21.3. The fraction of sp³-hybridized carbons (Fsp3) is 0.355. The minimum atomic E-state index is -1.34. The maximum Gasteiger partial charge on any atom is 0.248 e. The number of hydrogen-bond acceptors (Lipinski definition) is 5. The van der Waals surface area contributed by atoms with Gasteiger partial charge in [-0.2, -0.15) is 0 Å². The van der Waals surface area contributed by atoms with Gasteiger partial charge in [0.05, 0.1) is 23.2 Å². The SMILES string of the molecule is COc1cc(C(N)=O)ccc1NC(=O)[C@@H]1C[C@@H](CC(C)(C)C)[C@@]2(C(=O)Nc3nc(Cl)ccc32)[C@H]1c1cccc(Cl)c1F. The van der Waals surface area contributed by atoms with Crippen molar-refractivity contribution in [3.05, 3.63) is 81.2 Å². The van der Waals surface area contributed by atoms with Crippen molar-refractivity contribution in [1.82, 2.24) is 4.98 Å². The molecule has 42 heavy (non-hydrogen) atoms. The fourth-order valence-electron chi connectivity index (χ4n) is 6.75. The minimum Gasteiger partial charge on any atom is -0.495 e. The first-order valence-corrected chi connectivity index (χ1v) is 14.2. The number of carbonyl (C=O) groups excluding carboxylic acids is 3. The molecule has 1 aromatic heterocycles. The average Bonchev–Trinajstić information content (AvgIpc) is 3.39. The largest absolute Gasteiger partial charge is 0.495 e. The van der Waals surface area contributed by atoms with Crippen molar-refractivity contribution in [2.24, 2.45) is 23.0 Å². The number of nitrogens with zero attached hydrogens (tertiary/aromatic N) is 1. The molecule has 4 atom stereocenters. The van der Waals surface area contributed by atoms with E-state index >= 15 is 4.39 Å².